The molecule has 102 valence electrons. The second kappa shape index (κ2) is 4.72. The normalized spacial score (nSPS) is 14.2. The molecule has 0 spiro atoms. The van der Waals surface area contributed by atoms with Crippen LogP contribution in [-0.2, 0) is 0 Å². The van der Waals surface area contributed by atoms with Gasteiger partial charge in [0.05, 0.1) is 16.2 Å². The number of hydrogen-bond acceptors (Lipinski definition) is 4. The number of aldehydes is 1. The first kappa shape index (κ1) is 12.8. The van der Waals surface area contributed by atoms with Crippen molar-refractivity contribution in [1.82, 2.24) is 9.78 Å². The summed E-state index contributed by atoms with van der Waals surface area (Å²) in [6, 6.07) is 6.17. The highest BCUT2D eigenvalue weighted by molar-refractivity contribution is 6.32. The maximum atomic E-state index is 11.2. The van der Waals surface area contributed by atoms with Crippen molar-refractivity contribution in [3.63, 3.8) is 0 Å². The molecule has 1 heterocycles. The maximum Gasteiger partial charge on any atom is 0.294 e. The molecule has 0 saturated heterocycles. The number of hydrogen-bond donors (Lipinski definition) is 0. The molecule has 6 nitrogen and oxygen atoms in total. The lowest BCUT2D eigenvalue weighted by Crippen LogP contribution is -2.02. The van der Waals surface area contributed by atoms with Gasteiger partial charge in [-0.25, -0.2) is 4.68 Å². The van der Waals surface area contributed by atoms with Gasteiger partial charge in [0.2, 0.25) is 0 Å². The van der Waals surface area contributed by atoms with Crippen molar-refractivity contribution >= 4 is 23.6 Å². The van der Waals surface area contributed by atoms with Crippen molar-refractivity contribution in [2.45, 2.75) is 18.8 Å². The molecule has 1 fully saturated rings. The lowest BCUT2D eigenvalue weighted by Gasteiger charge is -2.03. The molecule has 1 aliphatic carbocycles. The van der Waals surface area contributed by atoms with Crippen molar-refractivity contribution in [3.05, 3.63) is 50.8 Å². The molecule has 1 saturated carbocycles. The lowest BCUT2D eigenvalue weighted by molar-refractivity contribution is -0.384. The Balaban J connectivity index is 2.20. The van der Waals surface area contributed by atoms with Gasteiger partial charge in [-0.3, -0.25) is 14.9 Å². The van der Waals surface area contributed by atoms with E-state index < -0.39 is 4.92 Å². The van der Waals surface area contributed by atoms with Gasteiger partial charge in [0.25, 0.3) is 5.69 Å². The minimum absolute atomic E-state index is 0.100. The number of aromatic nitrogens is 2. The van der Waals surface area contributed by atoms with E-state index in [4.69, 9.17) is 11.6 Å². The Hall–Kier alpha value is -2.21. The maximum absolute atomic E-state index is 11.2. The Kier molecular flexibility index (Phi) is 3.02. The molecule has 3 rings (SSSR count). The van der Waals surface area contributed by atoms with Crippen LogP contribution in [0.2, 0.25) is 5.15 Å². The quantitative estimate of drug-likeness (QED) is 0.492. The van der Waals surface area contributed by atoms with Gasteiger partial charge in [-0.15, -0.1) is 0 Å². The van der Waals surface area contributed by atoms with Gasteiger partial charge in [-0.1, -0.05) is 23.7 Å². The minimum Gasteiger partial charge on any atom is -0.298 e. The van der Waals surface area contributed by atoms with Crippen molar-refractivity contribution < 1.29 is 9.72 Å². The molecular weight excluding hydrogens is 282 g/mol. The fourth-order valence-electron chi connectivity index (χ4n) is 2.15. The van der Waals surface area contributed by atoms with E-state index in [0.717, 1.165) is 12.8 Å². The van der Waals surface area contributed by atoms with Crippen LogP contribution in [0.3, 0.4) is 0 Å². The third-order valence-electron chi connectivity index (χ3n) is 3.28. The zero-order chi connectivity index (χ0) is 14.3. The third-order valence-corrected chi connectivity index (χ3v) is 3.64. The van der Waals surface area contributed by atoms with E-state index in [1.807, 2.05) is 0 Å². The lowest BCUT2D eigenvalue weighted by atomic mass is 10.2. The SMILES string of the molecule is O=Cc1c(C2CC2)nn(-c2ccccc2[N+](=O)[O-])c1Cl. The van der Waals surface area contributed by atoms with Gasteiger partial charge < -0.3 is 0 Å². The van der Waals surface area contributed by atoms with E-state index in [0.29, 0.717) is 17.5 Å². The average molecular weight is 292 g/mol. The molecule has 2 aromatic rings. The summed E-state index contributed by atoms with van der Waals surface area (Å²) in [4.78, 5) is 21.7. The van der Waals surface area contributed by atoms with Crippen LogP contribution in [-0.4, -0.2) is 21.0 Å². The number of nitrogens with zero attached hydrogens (tertiary/aromatic N) is 3. The molecule has 0 bridgehead atoms. The Bertz CT molecular complexity index is 707. The van der Waals surface area contributed by atoms with E-state index >= 15 is 0 Å². The first-order chi connectivity index (χ1) is 9.63. The van der Waals surface area contributed by atoms with Crippen LogP contribution < -0.4 is 0 Å². The first-order valence-corrected chi connectivity index (χ1v) is 6.48. The second-order valence-electron chi connectivity index (χ2n) is 4.64. The summed E-state index contributed by atoms with van der Waals surface area (Å²) in [5.74, 6) is 0.233. The zero-order valence-corrected chi connectivity index (χ0v) is 11.1. The number of nitro groups is 1. The number of halogens is 1. The molecule has 0 atom stereocenters. The highest BCUT2D eigenvalue weighted by atomic mass is 35.5. The second-order valence-corrected chi connectivity index (χ2v) is 5.00. The molecular formula is C13H10ClN3O3. The minimum atomic E-state index is -0.495. The van der Waals surface area contributed by atoms with Crippen LogP contribution in [0.25, 0.3) is 5.69 Å². The summed E-state index contributed by atoms with van der Waals surface area (Å²) >= 11 is 6.16. The zero-order valence-electron chi connectivity index (χ0n) is 10.3. The van der Waals surface area contributed by atoms with Gasteiger partial charge in [0.15, 0.2) is 6.29 Å². The van der Waals surface area contributed by atoms with Crippen LogP contribution >= 0.6 is 11.6 Å². The number of benzene rings is 1. The summed E-state index contributed by atoms with van der Waals surface area (Å²) in [5, 5.41) is 15.5. The molecule has 0 radical (unpaired) electrons. The van der Waals surface area contributed by atoms with Crippen molar-refractivity contribution in [3.8, 4) is 5.69 Å². The molecule has 0 aliphatic heterocycles. The van der Waals surface area contributed by atoms with Crippen molar-refractivity contribution in [1.29, 1.82) is 0 Å². The molecule has 7 heteroatoms. The molecule has 1 aromatic heterocycles. The van der Waals surface area contributed by atoms with Crippen LogP contribution in [0.1, 0.15) is 34.8 Å². The smallest absolute Gasteiger partial charge is 0.294 e. The molecule has 0 unspecified atom stereocenters. The Labute approximate surface area is 119 Å². The molecule has 0 amide bonds. The van der Waals surface area contributed by atoms with Crippen LogP contribution in [0, 0.1) is 10.1 Å². The summed E-state index contributed by atoms with van der Waals surface area (Å²) in [6.07, 6.45) is 2.59. The van der Waals surface area contributed by atoms with E-state index in [9.17, 15) is 14.9 Å². The summed E-state index contributed by atoms with van der Waals surface area (Å²) in [5.41, 5.74) is 1.12. The summed E-state index contributed by atoms with van der Waals surface area (Å²) in [7, 11) is 0. The first-order valence-electron chi connectivity index (χ1n) is 6.11. The fourth-order valence-corrected chi connectivity index (χ4v) is 2.42. The van der Waals surface area contributed by atoms with Crippen LogP contribution in [0.15, 0.2) is 24.3 Å². The molecule has 0 N–H and O–H groups in total. The van der Waals surface area contributed by atoms with Gasteiger partial charge >= 0.3 is 0 Å². The largest absolute Gasteiger partial charge is 0.298 e. The monoisotopic (exact) mass is 291 g/mol. The molecule has 20 heavy (non-hydrogen) atoms. The standard InChI is InChI=1S/C13H10ClN3O3/c14-13-9(7-18)12(8-5-6-8)15-16(13)10-3-1-2-4-11(10)17(19)20/h1-4,7-8H,5-6H2. The predicted molar refractivity (Wildman–Crippen MR) is 72.6 cm³/mol. The highest BCUT2D eigenvalue weighted by Crippen LogP contribution is 2.42. The summed E-state index contributed by atoms with van der Waals surface area (Å²) < 4.78 is 1.27. The topological polar surface area (TPSA) is 78.0 Å². The number of para-hydroxylation sites is 2. The number of nitro benzene ring substituents is 1. The number of carbonyl (C=O) groups excluding carboxylic acids is 1. The summed E-state index contributed by atoms with van der Waals surface area (Å²) in [6.45, 7) is 0. The molecule has 1 aliphatic rings. The van der Waals surface area contributed by atoms with E-state index in [2.05, 4.69) is 5.10 Å². The number of carbonyl (C=O) groups is 1. The van der Waals surface area contributed by atoms with Gasteiger partial charge in [0, 0.05) is 12.0 Å². The Morgan fingerprint density at radius 1 is 1.40 bits per heavy atom. The third kappa shape index (κ3) is 1.98. The molecule has 1 aromatic carbocycles. The van der Waals surface area contributed by atoms with E-state index in [1.165, 1.54) is 10.7 Å². The van der Waals surface area contributed by atoms with Gasteiger partial charge in [-0.05, 0) is 18.9 Å². The van der Waals surface area contributed by atoms with Gasteiger partial charge in [0.1, 0.15) is 10.8 Å². The average Bonchev–Trinajstić information content (AvgIpc) is 3.23. The Morgan fingerprint density at radius 2 is 2.10 bits per heavy atom. The van der Waals surface area contributed by atoms with Crippen LogP contribution in [0.5, 0.6) is 0 Å². The van der Waals surface area contributed by atoms with Crippen LogP contribution in [0.4, 0.5) is 5.69 Å². The van der Waals surface area contributed by atoms with E-state index in [1.54, 1.807) is 18.2 Å². The number of rotatable bonds is 4. The fraction of sp³-hybridized carbons (Fsp3) is 0.231. The predicted octanol–water partition coefficient (Wildman–Crippen LogP) is 3.12. The highest BCUT2D eigenvalue weighted by Gasteiger charge is 2.32. The van der Waals surface area contributed by atoms with Crippen molar-refractivity contribution in [2.24, 2.45) is 0 Å². The Morgan fingerprint density at radius 3 is 2.70 bits per heavy atom. The van der Waals surface area contributed by atoms with E-state index in [-0.39, 0.29) is 22.4 Å². The van der Waals surface area contributed by atoms with Crippen molar-refractivity contribution in [2.75, 3.05) is 0 Å². The van der Waals surface area contributed by atoms with Gasteiger partial charge in [-0.2, -0.15) is 5.10 Å².